The SMILES string of the molecule is c1cc(/N=N/c2ccsc2)ccn1. The molecule has 0 amide bonds. The Bertz CT molecular complexity index is 381. The molecule has 0 atom stereocenters. The molecule has 0 N–H and O–H groups in total. The van der Waals surface area contributed by atoms with Gasteiger partial charge in [0.1, 0.15) is 0 Å². The van der Waals surface area contributed by atoms with Gasteiger partial charge < -0.3 is 0 Å². The second kappa shape index (κ2) is 3.91. The van der Waals surface area contributed by atoms with Crippen molar-refractivity contribution in [1.29, 1.82) is 0 Å². The highest BCUT2D eigenvalue weighted by Gasteiger charge is 1.88. The van der Waals surface area contributed by atoms with Crippen LogP contribution < -0.4 is 0 Å². The molecule has 2 aromatic rings. The Balaban J connectivity index is 2.15. The molecule has 0 spiro atoms. The lowest BCUT2D eigenvalue weighted by Crippen LogP contribution is -1.65. The van der Waals surface area contributed by atoms with Crippen molar-refractivity contribution in [3.63, 3.8) is 0 Å². The summed E-state index contributed by atoms with van der Waals surface area (Å²) in [5, 5.41) is 12.0. The van der Waals surface area contributed by atoms with Crippen LogP contribution in [-0.4, -0.2) is 4.98 Å². The molecular weight excluding hydrogens is 182 g/mol. The Morgan fingerprint density at radius 2 is 1.77 bits per heavy atom. The Labute approximate surface area is 79.8 Å². The second-order valence-corrected chi connectivity index (χ2v) is 3.17. The van der Waals surface area contributed by atoms with Gasteiger partial charge in [-0.15, -0.1) is 5.11 Å². The van der Waals surface area contributed by atoms with Gasteiger partial charge in [0.25, 0.3) is 0 Å². The number of thiophene rings is 1. The summed E-state index contributed by atoms with van der Waals surface area (Å²) >= 11 is 1.61. The molecule has 0 aliphatic rings. The van der Waals surface area contributed by atoms with E-state index < -0.39 is 0 Å². The lowest BCUT2D eigenvalue weighted by atomic mass is 10.4. The average molecular weight is 189 g/mol. The van der Waals surface area contributed by atoms with Crippen LogP contribution in [-0.2, 0) is 0 Å². The summed E-state index contributed by atoms with van der Waals surface area (Å²) in [6.45, 7) is 0. The van der Waals surface area contributed by atoms with Gasteiger partial charge in [0.05, 0.1) is 11.4 Å². The zero-order valence-electron chi connectivity index (χ0n) is 6.79. The molecule has 0 aliphatic carbocycles. The number of nitrogens with zero attached hydrogens (tertiary/aromatic N) is 3. The molecule has 2 aromatic heterocycles. The van der Waals surface area contributed by atoms with Crippen LogP contribution >= 0.6 is 11.3 Å². The summed E-state index contributed by atoms with van der Waals surface area (Å²) in [4.78, 5) is 3.89. The normalized spacial score (nSPS) is 10.8. The number of rotatable bonds is 2. The molecule has 2 heterocycles. The van der Waals surface area contributed by atoms with Gasteiger partial charge in [-0.25, -0.2) is 0 Å². The fraction of sp³-hybridized carbons (Fsp3) is 0. The summed E-state index contributed by atoms with van der Waals surface area (Å²) in [5.41, 5.74) is 1.71. The third kappa shape index (κ3) is 2.19. The molecule has 0 unspecified atom stereocenters. The van der Waals surface area contributed by atoms with E-state index in [0.717, 1.165) is 11.4 Å². The van der Waals surface area contributed by atoms with Crippen molar-refractivity contribution in [3.05, 3.63) is 41.4 Å². The maximum absolute atomic E-state index is 4.04. The van der Waals surface area contributed by atoms with Crippen LogP contribution in [0.5, 0.6) is 0 Å². The average Bonchev–Trinajstić information content (AvgIpc) is 2.69. The van der Waals surface area contributed by atoms with E-state index in [4.69, 9.17) is 0 Å². The van der Waals surface area contributed by atoms with Crippen molar-refractivity contribution in [2.75, 3.05) is 0 Å². The van der Waals surface area contributed by atoms with Crippen molar-refractivity contribution in [2.45, 2.75) is 0 Å². The second-order valence-electron chi connectivity index (χ2n) is 2.39. The predicted molar refractivity (Wildman–Crippen MR) is 52.7 cm³/mol. The van der Waals surface area contributed by atoms with Gasteiger partial charge in [-0.2, -0.15) is 16.5 Å². The van der Waals surface area contributed by atoms with Gasteiger partial charge in [-0.1, -0.05) is 0 Å². The van der Waals surface area contributed by atoms with Crippen molar-refractivity contribution >= 4 is 22.7 Å². The number of aromatic nitrogens is 1. The van der Waals surface area contributed by atoms with Crippen LogP contribution in [0, 0.1) is 0 Å². The minimum Gasteiger partial charge on any atom is -0.265 e. The first-order valence-corrected chi connectivity index (χ1v) is 4.73. The third-order valence-corrected chi connectivity index (χ3v) is 2.12. The molecule has 3 nitrogen and oxygen atoms in total. The fourth-order valence-electron chi connectivity index (χ4n) is 0.840. The Kier molecular flexibility index (Phi) is 2.43. The Hall–Kier alpha value is -1.55. The lowest BCUT2D eigenvalue weighted by molar-refractivity contribution is 1.21. The van der Waals surface area contributed by atoms with Crippen molar-refractivity contribution < 1.29 is 0 Å². The van der Waals surface area contributed by atoms with Gasteiger partial charge in [-0.05, 0) is 23.6 Å². The molecule has 0 bridgehead atoms. The molecule has 0 aliphatic heterocycles. The minimum atomic E-state index is 0.821. The van der Waals surface area contributed by atoms with E-state index in [9.17, 15) is 0 Å². The number of azo groups is 1. The molecule has 64 valence electrons. The minimum absolute atomic E-state index is 0.821. The highest BCUT2D eigenvalue weighted by atomic mass is 32.1. The van der Waals surface area contributed by atoms with E-state index in [2.05, 4.69) is 15.2 Å². The van der Waals surface area contributed by atoms with Crippen molar-refractivity contribution in [3.8, 4) is 0 Å². The summed E-state index contributed by atoms with van der Waals surface area (Å²) in [6, 6.07) is 5.56. The van der Waals surface area contributed by atoms with Crippen LogP contribution in [0.3, 0.4) is 0 Å². The van der Waals surface area contributed by atoms with Crippen LogP contribution in [0.2, 0.25) is 0 Å². The van der Waals surface area contributed by atoms with E-state index in [1.807, 2.05) is 29.0 Å². The first kappa shape index (κ1) is 8.07. The summed E-state index contributed by atoms with van der Waals surface area (Å²) in [6.07, 6.45) is 3.39. The predicted octanol–water partition coefficient (Wildman–Crippen LogP) is 3.56. The topological polar surface area (TPSA) is 37.6 Å². The van der Waals surface area contributed by atoms with Crippen molar-refractivity contribution in [2.24, 2.45) is 10.2 Å². The first-order chi connectivity index (χ1) is 6.45. The molecule has 13 heavy (non-hydrogen) atoms. The van der Waals surface area contributed by atoms with E-state index >= 15 is 0 Å². The third-order valence-electron chi connectivity index (χ3n) is 1.45. The van der Waals surface area contributed by atoms with Crippen LogP contribution in [0.4, 0.5) is 11.4 Å². The van der Waals surface area contributed by atoms with E-state index in [0.29, 0.717) is 0 Å². The molecule has 0 saturated heterocycles. The zero-order chi connectivity index (χ0) is 8.93. The Morgan fingerprint density at radius 3 is 2.46 bits per heavy atom. The number of hydrogen-bond acceptors (Lipinski definition) is 4. The summed E-state index contributed by atoms with van der Waals surface area (Å²) in [5.74, 6) is 0. The molecule has 0 radical (unpaired) electrons. The molecule has 0 fully saturated rings. The first-order valence-electron chi connectivity index (χ1n) is 3.79. The Morgan fingerprint density at radius 1 is 1.00 bits per heavy atom. The van der Waals surface area contributed by atoms with Crippen LogP contribution in [0.1, 0.15) is 0 Å². The smallest absolute Gasteiger partial charge is 0.0963 e. The lowest BCUT2D eigenvalue weighted by Gasteiger charge is -1.87. The van der Waals surface area contributed by atoms with Gasteiger partial charge in [-0.3, -0.25) is 4.98 Å². The standard InChI is InChI=1S/C9H7N3S/c1-4-10-5-2-8(1)11-12-9-3-6-13-7-9/h1-7H/b12-11+. The van der Waals surface area contributed by atoms with Gasteiger partial charge in [0.15, 0.2) is 0 Å². The molecule has 4 heteroatoms. The quantitative estimate of drug-likeness (QED) is 0.665. The fourth-order valence-corrected chi connectivity index (χ4v) is 1.40. The summed E-state index contributed by atoms with van der Waals surface area (Å²) < 4.78 is 0. The maximum atomic E-state index is 4.04. The van der Waals surface area contributed by atoms with Crippen LogP contribution in [0.25, 0.3) is 0 Å². The van der Waals surface area contributed by atoms with Crippen LogP contribution in [0.15, 0.2) is 51.6 Å². The van der Waals surface area contributed by atoms with Crippen molar-refractivity contribution in [1.82, 2.24) is 4.98 Å². The van der Waals surface area contributed by atoms with E-state index in [1.165, 1.54) is 0 Å². The number of pyridine rings is 1. The molecule has 2 rings (SSSR count). The summed E-state index contributed by atoms with van der Waals surface area (Å²) in [7, 11) is 0. The van der Waals surface area contributed by atoms with E-state index in [1.54, 1.807) is 23.7 Å². The van der Waals surface area contributed by atoms with Gasteiger partial charge >= 0.3 is 0 Å². The molecular formula is C9H7N3S. The molecule has 0 saturated carbocycles. The largest absolute Gasteiger partial charge is 0.265 e. The monoisotopic (exact) mass is 189 g/mol. The van der Waals surface area contributed by atoms with E-state index in [-0.39, 0.29) is 0 Å². The van der Waals surface area contributed by atoms with Gasteiger partial charge in [0.2, 0.25) is 0 Å². The zero-order valence-corrected chi connectivity index (χ0v) is 7.61. The maximum Gasteiger partial charge on any atom is 0.0963 e. The molecule has 0 aromatic carbocycles. The van der Waals surface area contributed by atoms with Gasteiger partial charge in [0, 0.05) is 17.8 Å². The highest BCUT2D eigenvalue weighted by molar-refractivity contribution is 7.08. The highest BCUT2D eigenvalue weighted by Crippen LogP contribution is 2.19. The number of hydrogen-bond donors (Lipinski definition) is 0.